The molecule has 11 heteroatoms. The van der Waals surface area contributed by atoms with Crippen LogP contribution in [0.3, 0.4) is 0 Å². The number of fused-ring (bicyclic) bond motifs is 2. The highest BCUT2D eigenvalue weighted by Gasteiger charge is 2.34. The molecule has 4 heterocycles. The Morgan fingerprint density at radius 1 is 1.18 bits per heavy atom. The van der Waals surface area contributed by atoms with Gasteiger partial charge >= 0.3 is 6.01 Å². The lowest BCUT2D eigenvalue weighted by Crippen LogP contribution is -2.55. The lowest BCUT2D eigenvalue weighted by atomic mass is 9.97. The number of piperazine rings is 1. The molecule has 2 atom stereocenters. The minimum atomic E-state index is -1.06. The third kappa shape index (κ3) is 5.37. The zero-order valence-corrected chi connectivity index (χ0v) is 24.8. The Bertz CT molecular complexity index is 1800. The van der Waals surface area contributed by atoms with Gasteiger partial charge in [-0.1, -0.05) is 43.0 Å². The second-order valence-corrected chi connectivity index (χ2v) is 11.5. The van der Waals surface area contributed by atoms with Gasteiger partial charge in [-0.2, -0.15) is 15.2 Å². The first kappa shape index (κ1) is 29.3. The van der Waals surface area contributed by atoms with Crippen LogP contribution in [0.1, 0.15) is 24.8 Å². The van der Waals surface area contributed by atoms with Crippen molar-refractivity contribution in [1.82, 2.24) is 24.8 Å². The molecule has 0 aliphatic carbocycles. The predicted molar refractivity (Wildman–Crippen MR) is 166 cm³/mol. The number of ether oxygens (including phenoxy) is 1. The lowest BCUT2D eigenvalue weighted by Gasteiger charge is -2.41. The van der Waals surface area contributed by atoms with Crippen molar-refractivity contribution in [2.24, 2.45) is 0 Å². The molecule has 0 radical (unpaired) electrons. The van der Waals surface area contributed by atoms with E-state index in [-0.39, 0.29) is 42.8 Å². The first-order valence-corrected chi connectivity index (χ1v) is 14.8. The molecule has 4 aromatic rings. The van der Waals surface area contributed by atoms with Crippen molar-refractivity contribution in [2.75, 3.05) is 44.7 Å². The van der Waals surface area contributed by atoms with E-state index in [1.54, 1.807) is 6.20 Å². The largest absolute Gasteiger partial charge is 0.504 e. The number of rotatable bonds is 7. The number of nitriles is 1. The number of pyridine rings is 1. The number of aromatic hydroxyl groups is 1. The SMILES string of the molecule is C=C(F)C(=O)N1CCN(c2nc(OCC3CCCN3C)nc3c(O)c(-c4cccc5cccc(C)c45)ncc23)CC1CC#N. The van der Waals surface area contributed by atoms with Crippen LogP contribution in [0.25, 0.3) is 32.9 Å². The molecule has 226 valence electrons. The van der Waals surface area contributed by atoms with Crippen LogP contribution in [0, 0.1) is 18.3 Å². The molecule has 1 amide bonds. The highest BCUT2D eigenvalue weighted by molar-refractivity contribution is 6.03. The molecular formula is C33H34FN7O3. The van der Waals surface area contributed by atoms with Crippen molar-refractivity contribution in [2.45, 2.75) is 38.3 Å². The van der Waals surface area contributed by atoms with Gasteiger partial charge in [-0.05, 0) is 49.7 Å². The molecule has 0 bridgehead atoms. The van der Waals surface area contributed by atoms with E-state index >= 15 is 0 Å². The highest BCUT2D eigenvalue weighted by atomic mass is 19.1. The van der Waals surface area contributed by atoms with Gasteiger partial charge in [0, 0.05) is 37.4 Å². The second-order valence-electron chi connectivity index (χ2n) is 11.5. The van der Waals surface area contributed by atoms with Gasteiger partial charge in [-0.3, -0.25) is 9.78 Å². The molecule has 2 aromatic carbocycles. The maximum absolute atomic E-state index is 13.8. The number of aryl methyl sites for hydroxylation is 1. The number of hydrogen-bond donors (Lipinski definition) is 1. The van der Waals surface area contributed by atoms with Crippen molar-refractivity contribution in [1.29, 1.82) is 5.26 Å². The molecule has 2 aromatic heterocycles. The number of carbonyl (C=O) groups is 1. The number of carbonyl (C=O) groups excluding carboxylic acids is 1. The van der Waals surface area contributed by atoms with E-state index < -0.39 is 17.8 Å². The zero-order chi connectivity index (χ0) is 31.0. The first-order valence-electron chi connectivity index (χ1n) is 14.8. The summed E-state index contributed by atoms with van der Waals surface area (Å²) in [4.78, 5) is 32.1. The summed E-state index contributed by atoms with van der Waals surface area (Å²) in [5, 5.41) is 23.7. The molecule has 10 nitrogen and oxygen atoms in total. The van der Waals surface area contributed by atoms with Gasteiger partial charge in [0.2, 0.25) is 0 Å². The number of hydrogen-bond acceptors (Lipinski definition) is 9. The average Bonchev–Trinajstić information content (AvgIpc) is 3.44. The number of nitrogens with zero attached hydrogens (tertiary/aromatic N) is 7. The zero-order valence-electron chi connectivity index (χ0n) is 24.8. The Morgan fingerprint density at radius 3 is 2.70 bits per heavy atom. The predicted octanol–water partition coefficient (Wildman–Crippen LogP) is 4.75. The summed E-state index contributed by atoms with van der Waals surface area (Å²) in [6.45, 7) is 7.24. The van der Waals surface area contributed by atoms with Crippen molar-refractivity contribution in [3.8, 4) is 29.1 Å². The molecule has 1 N–H and O–H groups in total. The van der Waals surface area contributed by atoms with Gasteiger partial charge in [0.1, 0.15) is 23.6 Å². The number of anilines is 1. The lowest BCUT2D eigenvalue weighted by molar-refractivity contribution is -0.131. The number of halogens is 1. The quantitative estimate of drug-likeness (QED) is 0.302. The van der Waals surface area contributed by atoms with Gasteiger partial charge in [0.05, 0.1) is 23.9 Å². The minimum absolute atomic E-state index is 0.00396. The molecule has 44 heavy (non-hydrogen) atoms. The van der Waals surface area contributed by atoms with Gasteiger partial charge in [0.25, 0.3) is 5.91 Å². The normalized spacial score (nSPS) is 19.0. The fourth-order valence-electron chi connectivity index (χ4n) is 6.38. The van der Waals surface area contributed by atoms with Crippen LogP contribution < -0.4 is 9.64 Å². The van der Waals surface area contributed by atoms with E-state index in [0.29, 0.717) is 30.0 Å². The van der Waals surface area contributed by atoms with Gasteiger partial charge in [0.15, 0.2) is 11.6 Å². The van der Waals surface area contributed by atoms with Gasteiger partial charge < -0.3 is 24.5 Å². The van der Waals surface area contributed by atoms with Crippen LogP contribution in [-0.4, -0.2) is 87.7 Å². The maximum Gasteiger partial charge on any atom is 0.319 e. The van der Waals surface area contributed by atoms with E-state index in [2.05, 4.69) is 29.6 Å². The second kappa shape index (κ2) is 12.1. The fraction of sp³-hybridized carbons (Fsp3) is 0.364. The van der Waals surface area contributed by atoms with Crippen molar-refractivity contribution < 1.29 is 19.0 Å². The fourth-order valence-corrected chi connectivity index (χ4v) is 6.38. The first-order chi connectivity index (χ1) is 21.3. The summed E-state index contributed by atoms with van der Waals surface area (Å²) in [7, 11) is 2.06. The van der Waals surface area contributed by atoms with Crippen LogP contribution in [0.2, 0.25) is 0 Å². The number of aromatic nitrogens is 3. The topological polar surface area (TPSA) is 119 Å². The Balaban J connectivity index is 1.45. The Morgan fingerprint density at radius 2 is 1.98 bits per heavy atom. The molecular weight excluding hydrogens is 561 g/mol. The molecule has 0 saturated carbocycles. The smallest absolute Gasteiger partial charge is 0.319 e. The van der Waals surface area contributed by atoms with Crippen molar-refractivity contribution in [3.63, 3.8) is 0 Å². The van der Waals surface area contributed by atoms with Crippen LogP contribution >= 0.6 is 0 Å². The maximum atomic E-state index is 13.8. The molecule has 2 aliphatic rings. The standard InChI is InChI=1S/C33H34FN7O3/c1-20-7-4-8-22-9-5-11-25(27(20)22)28-30(42)29-26(17-36-28)31(38-33(37-29)44-19-24-10-6-14-39(24)3)40-15-16-41(32(43)21(2)34)23(18-40)12-13-35/h4-5,7-9,11,17,23-24,42H,2,6,10,12,14-16,18-19H2,1,3H3. The summed E-state index contributed by atoms with van der Waals surface area (Å²) in [5.74, 6) is -1.52. The average molecular weight is 596 g/mol. The van der Waals surface area contributed by atoms with Gasteiger partial charge in [-0.15, -0.1) is 0 Å². The molecule has 2 aliphatic heterocycles. The highest BCUT2D eigenvalue weighted by Crippen LogP contribution is 2.40. The molecule has 2 unspecified atom stereocenters. The minimum Gasteiger partial charge on any atom is -0.504 e. The van der Waals surface area contributed by atoms with E-state index in [1.807, 2.05) is 48.2 Å². The summed E-state index contributed by atoms with van der Waals surface area (Å²) < 4.78 is 20.0. The van der Waals surface area contributed by atoms with Crippen LogP contribution in [-0.2, 0) is 4.79 Å². The van der Waals surface area contributed by atoms with Crippen LogP contribution in [0.4, 0.5) is 10.2 Å². The Kier molecular flexibility index (Phi) is 8.01. The van der Waals surface area contributed by atoms with Crippen molar-refractivity contribution >= 4 is 33.4 Å². The third-order valence-electron chi connectivity index (χ3n) is 8.72. The van der Waals surface area contributed by atoms with E-state index in [9.17, 15) is 19.6 Å². The Hall–Kier alpha value is -4.82. The molecule has 2 fully saturated rings. The van der Waals surface area contributed by atoms with Gasteiger partial charge in [-0.25, -0.2) is 4.39 Å². The number of likely N-dealkylation sites (tertiary alicyclic amines) is 1. The molecule has 0 spiro atoms. The number of benzene rings is 2. The Labute approximate surface area is 255 Å². The molecule has 6 rings (SSSR count). The van der Waals surface area contributed by atoms with Crippen LogP contribution in [0.5, 0.6) is 11.8 Å². The monoisotopic (exact) mass is 595 g/mol. The summed E-state index contributed by atoms with van der Waals surface area (Å²) in [6, 6.07) is 13.8. The van der Waals surface area contributed by atoms with E-state index in [1.165, 1.54) is 4.90 Å². The summed E-state index contributed by atoms with van der Waals surface area (Å²) in [5.41, 5.74) is 2.51. The molecule has 2 saturated heterocycles. The number of likely N-dealkylation sites (N-methyl/N-ethyl adjacent to an activating group) is 1. The summed E-state index contributed by atoms with van der Waals surface area (Å²) in [6.07, 6.45) is 3.74. The van der Waals surface area contributed by atoms with Crippen LogP contribution in [0.15, 0.2) is 55.0 Å². The van der Waals surface area contributed by atoms with Crippen molar-refractivity contribution in [3.05, 3.63) is 60.6 Å². The third-order valence-corrected chi connectivity index (χ3v) is 8.72. The number of amides is 1. The van der Waals surface area contributed by atoms with E-state index in [4.69, 9.17) is 14.7 Å². The van der Waals surface area contributed by atoms with E-state index in [0.717, 1.165) is 41.3 Å². The summed E-state index contributed by atoms with van der Waals surface area (Å²) >= 11 is 0.